The summed E-state index contributed by atoms with van der Waals surface area (Å²) in [6, 6.07) is 0. The van der Waals surface area contributed by atoms with Gasteiger partial charge in [0.1, 0.15) is 0 Å². The van der Waals surface area contributed by atoms with Crippen molar-refractivity contribution < 1.29 is 40.9 Å². The zero-order chi connectivity index (χ0) is 29.8. The van der Waals surface area contributed by atoms with Gasteiger partial charge in [0.2, 0.25) is 0 Å². The van der Waals surface area contributed by atoms with E-state index >= 15 is 0 Å². The Bertz CT molecular complexity index is 454. The molecule has 41 heavy (non-hydrogen) atoms. The summed E-state index contributed by atoms with van der Waals surface area (Å²) in [7, 11) is 0. The van der Waals surface area contributed by atoms with Crippen LogP contribution < -0.4 is 10.2 Å². The summed E-state index contributed by atoms with van der Waals surface area (Å²) in [5.74, 6) is -1.81. The molecule has 0 aliphatic rings. The topological polar surface area (TPSA) is 80.3 Å². The van der Waals surface area contributed by atoms with Crippen LogP contribution in [0.5, 0.6) is 0 Å². The van der Waals surface area contributed by atoms with E-state index in [4.69, 9.17) is 0 Å². The second-order valence-electron chi connectivity index (χ2n) is 12.1. The van der Waals surface area contributed by atoms with Gasteiger partial charge in [0.25, 0.3) is 0 Å². The Balaban J connectivity index is -0.000000688. The minimum atomic E-state index is -0.903. The third-order valence-electron chi connectivity index (χ3n) is 7.97. The van der Waals surface area contributed by atoms with E-state index in [2.05, 4.69) is 13.8 Å². The van der Waals surface area contributed by atoms with Crippen molar-refractivity contribution in [1.29, 1.82) is 0 Å². The molecule has 0 aliphatic heterocycles. The minimum absolute atomic E-state index is 0. The average Bonchev–Trinajstić information content (AvgIpc) is 2.93. The minimum Gasteiger partial charge on any atom is -0.550 e. The first kappa shape index (κ1) is 45.1. The molecule has 0 heterocycles. The third kappa shape index (κ3) is 49.6. The van der Waals surface area contributed by atoms with Crippen LogP contribution in [-0.4, -0.2) is 11.9 Å². The van der Waals surface area contributed by atoms with E-state index in [0.29, 0.717) is 0 Å². The number of hydrogen-bond acceptors (Lipinski definition) is 4. The molecular weight excluding hydrogens is 691 g/mol. The van der Waals surface area contributed by atoms with Crippen molar-refractivity contribution >= 4 is 11.9 Å². The van der Waals surface area contributed by atoms with Gasteiger partial charge in [-0.05, 0) is 25.7 Å². The molecule has 5 heteroatoms. The molecule has 248 valence electrons. The number of unbranched alkanes of at least 4 members (excludes halogenated alkanes) is 28. The molecule has 0 amide bonds. The normalized spacial score (nSPS) is 10.6. The first-order valence-electron chi connectivity index (χ1n) is 17.9. The predicted octanol–water partition coefficient (Wildman–Crippen LogP) is 9.99. The summed E-state index contributed by atoms with van der Waals surface area (Å²) in [6.45, 7) is 4.53. The summed E-state index contributed by atoms with van der Waals surface area (Å²) in [4.78, 5) is 20.4. The summed E-state index contributed by atoms with van der Waals surface area (Å²) in [5.41, 5.74) is 0. The Morgan fingerprint density at radius 1 is 0.317 bits per heavy atom. The van der Waals surface area contributed by atoms with Crippen LogP contribution in [0.4, 0.5) is 0 Å². The van der Waals surface area contributed by atoms with E-state index in [1.54, 1.807) is 0 Å². The van der Waals surface area contributed by atoms with Gasteiger partial charge in [-0.25, -0.2) is 0 Å². The summed E-state index contributed by atoms with van der Waals surface area (Å²) < 4.78 is 0. The van der Waals surface area contributed by atoms with Gasteiger partial charge in [0.05, 0.1) is 0 Å². The van der Waals surface area contributed by atoms with Crippen LogP contribution in [0.15, 0.2) is 0 Å². The monoisotopic (exact) mass is 761 g/mol. The van der Waals surface area contributed by atoms with Crippen LogP contribution in [0, 0.1) is 0 Å². The van der Waals surface area contributed by atoms with Crippen molar-refractivity contribution in [2.24, 2.45) is 0 Å². The first-order valence-corrected chi connectivity index (χ1v) is 17.9. The Morgan fingerprint density at radius 3 is 0.610 bits per heavy atom. The van der Waals surface area contributed by atoms with Gasteiger partial charge in [-0.3, -0.25) is 0 Å². The quantitative estimate of drug-likeness (QED) is 0.0640. The second kappa shape index (κ2) is 41.8. The molecule has 0 radical (unpaired) electrons. The van der Waals surface area contributed by atoms with Gasteiger partial charge in [-0.15, -0.1) is 0 Å². The number of rotatable bonds is 32. The third-order valence-corrected chi connectivity index (χ3v) is 7.97. The maximum absolute atomic E-state index is 10.2. The predicted molar refractivity (Wildman–Crippen MR) is 169 cm³/mol. The van der Waals surface area contributed by atoms with Crippen LogP contribution in [-0.2, 0) is 30.7 Å². The molecule has 0 saturated carbocycles. The largest absolute Gasteiger partial charge is 2.00 e. The van der Waals surface area contributed by atoms with E-state index in [9.17, 15) is 19.8 Å². The molecule has 0 aromatic carbocycles. The molecule has 0 aliphatic carbocycles. The smallest absolute Gasteiger partial charge is 0.550 e. The molecule has 0 spiro atoms. The fraction of sp³-hybridized carbons (Fsp3) is 0.944. The van der Waals surface area contributed by atoms with E-state index < -0.39 is 11.9 Å². The van der Waals surface area contributed by atoms with E-state index in [-0.39, 0.29) is 33.9 Å². The molecular formula is C36H70O4Pt. The average molecular weight is 762 g/mol. The zero-order valence-corrected chi connectivity index (χ0v) is 29.8. The molecule has 0 fully saturated rings. The van der Waals surface area contributed by atoms with Crippen molar-refractivity contribution in [2.45, 2.75) is 219 Å². The van der Waals surface area contributed by atoms with Crippen molar-refractivity contribution in [2.75, 3.05) is 0 Å². The van der Waals surface area contributed by atoms with E-state index in [0.717, 1.165) is 25.7 Å². The van der Waals surface area contributed by atoms with Gasteiger partial charge < -0.3 is 19.8 Å². The molecule has 0 aromatic heterocycles. The molecule has 0 N–H and O–H groups in total. The van der Waals surface area contributed by atoms with Crippen LogP contribution >= 0.6 is 0 Å². The second-order valence-corrected chi connectivity index (χ2v) is 12.1. The molecule has 0 saturated heterocycles. The Kier molecular flexibility index (Phi) is 45.9. The Labute approximate surface area is 271 Å². The number of carboxylic acid groups (broad SMARTS) is 2. The van der Waals surface area contributed by atoms with Crippen LogP contribution in [0.1, 0.15) is 219 Å². The molecule has 0 unspecified atom stereocenters. The first-order chi connectivity index (χ1) is 19.5. The summed E-state index contributed by atoms with van der Waals surface area (Å²) >= 11 is 0. The molecule has 0 bridgehead atoms. The zero-order valence-electron chi connectivity index (χ0n) is 27.6. The van der Waals surface area contributed by atoms with Gasteiger partial charge in [-0.1, -0.05) is 194 Å². The molecule has 0 rings (SSSR count). The van der Waals surface area contributed by atoms with Crippen molar-refractivity contribution in [3.63, 3.8) is 0 Å². The van der Waals surface area contributed by atoms with Crippen LogP contribution in [0.25, 0.3) is 0 Å². The van der Waals surface area contributed by atoms with Gasteiger partial charge >= 0.3 is 21.1 Å². The maximum Gasteiger partial charge on any atom is 2.00 e. The van der Waals surface area contributed by atoms with Crippen LogP contribution in [0.2, 0.25) is 0 Å². The van der Waals surface area contributed by atoms with E-state index in [1.165, 1.54) is 167 Å². The SMILES string of the molecule is CCCCCCCCCCCCCCCCCC(=O)[O-].CCCCCCCCCCCCCCCCCC(=O)[O-].[Pt+2]. The summed E-state index contributed by atoms with van der Waals surface area (Å²) in [6.07, 6.45) is 39.7. The van der Waals surface area contributed by atoms with Gasteiger partial charge in [0.15, 0.2) is 0 Å². The number of carboxylic acids is 2. The summed E-state index contributed by atoms with van der Waals surface area (Å²) in [5, 5.41) is 20.4. The maximum atomic E-state index is 10.2. The molecule has 0 aromatic rings. The number of aliphatic carboxylic acids is 2. The van der Waals surface area contributed by atoms with Crippen LogP contribution in [0.3, 0.4) is 0 Å². The fourth-order valence-electron chi connectivity index (χ4n) is 5.28. The number of carbonyl (C=O) groups excluding carboxylic acids is 2. The number of hydrogen-bond donors (Lipinski definition) is 0. The standard InChI is InChI=1S/2C18H36O2.Pt/c2*1-2-3-4-5-6-7-8-9-10-11-12-13-14-15-16-17-18(19)20;/h2*2-17H2,1H3,(H,19,20);/q;;+2/p-2. The van der Waals surface area contributed by atoms with E-state index in [1.807, 2.05) is 0 Å². The van der Waals surface area contributed by atoms with Gasteiger partial charge in [0, 0.05) is 11.9 Å². The van der Waals surface area contributed by atoms with Gasteiger partial charge in [-0.2, -0.15) is 0 Å². The number of carbonyl (C=O) groups is 2. The van der Waals surface area contributed by atoms with Crippen molar-refractivity contribution in [1.82, 2.24) is 0 Å². The molecule has 0 atom stereocenters. The fourth-order valence-corrected chi connectivity index (χ4v) is 5.28. The molecule has 4 nitrogen and oxygen atoms in total. The van der Waals surface area contributed by atoms with Crippen molar-refractivity contribution in [3.8, 4) is 0 Å². The van der Waals surface area contributed by atoms with Crippen molar-refractivity contribution in [3.05, 3.63) is 0 Å². The Hall–Kier alpha value is -0.372. The Morgan fingerprint density at radius 2 is 0.463 bits per heavy atom.